The van der Waals surface area contributed by atoms with Crippen molar-refractivity contribution in [1.82, 2.24) is 10.2 Å². The predicted octanol–water partition coefficient (Wildman–Crippen LogP) is 3.30. The quantitative estimate of drug-likeness (QED) is 0.885. The van der Waals surface area contributed by atoms with Gasteiger partial charge in [0.2, 0.25) is 0 Å². The first-order valence-corrected chi connectivity index (χ1v) is 6.13. The summed E-state index contributed by atoms with van der Waals surface area (Å²) in [4.78, 5) is 0. The fourth-order valence-corrected chi connectivity index (χ4v) is 2.65. The molecular formula is C12H12BrN3. The largest absolute Gasteiger partial charge is 0.384 e. The third-order valence-electron chi connectivity index (χ3n) is 3.00. The maximum absolute atomic E-state index is 5.80. The van der Waals surface area contributed by atoms with Gasteiger partial charge in [-0.05, 0) is 36.0 Å². The number of benzene rings is 1. The second-order valence-electron chi connectivity index (χ2n) is 4.21. The van der Waals surface area contributed by atoms with E-state index in [4.69, 9.17) is 5.73 Å². The van der Waals surface area contributed by atoms with Crippen LogP contribution in [-0.4, -0.2) is 10.2 Å². The van der Waals surface area contributed by atoms with Crippen LogP contribution in [0.5, 0.6) is 0 Å². The lowest BCUT2D eigenvalue weighted by Crippen LogP contribution is -1.89. The summed E-state index contributed by atoms with van der Waals surface area (Å²) in [6.45, 7) is 0. The number of nitrogens with two attached hydrogens (primary N) is 1. The van der Waals surface area contributed by atoms with Gasteiger partial charge < -0.3 is 5.73 Å². The highest BCUT2D eigenvalue weighted by Crippen LogP contribution is 2.44. The number of halogens is 1. The Morgan fingerprint density at radius 2 is 2.19 bits per heavy atom. The smallest absolute Gasteiger partial charge is 0.126 e. The van der Waals surface area contributed by atoms with Gasteiger partial charge in [-0.2, -0.15) is 5.10 Å². The molecule has 3 rings (SSSR count). The van der Waals surface area contributed by atoms with Gasteiger partial charge in [0, 0.05) is 10.0 Å². The van der Waals surface area contributed by atoms with E-state index >= 15 is 0 Å². The molecule has 2 aromatic rings. The molecule has 82 valence electrons. The van der Waals surface area contributed by atoms with Crippen LogP contribution < -0.4 is 5.73 Å². The first kappa shape index (κ1) is 9.90. The molecule has 0 amide bonds. The van der Waals surface area contributed by atoms with E-state index < -0.39 is 0 Å². The van der Waals surface area contributed by atoms with Gasteiger partial charge >= 0.3 is 0 Å². The summed E-state index contributed by atoms with van der Waals surface area (Å²) in [5.74, 6) is 1.37. The maximum atomic E-state index is 5.80. The number of aromatic amines is 1. The Kier molecular flexibility index (Phi) is 2.24. The average Bonchev–Trinajstić information content (AvgIpc) is 3.01. The van der Waals surface area contributed by atoms with Crippen molar-refractivity contribution in [3.8, 4) is 11.1 Å². The van der Waals surface area contributed by atoms with E-state index in [2.05, 4.69) is 44.3 Å². The zero-order valence-corrected chi connectivity index (χ0v) is 10.3. The molecular weight excluding hydrogens is 266 g/mol. The van der Waals surface area contributed by atoms with E-state index in [0.717, 1.165) is 17.0 Å². The van der Waals surface area contributed by atoms with Crippen LogP contribution >= 0.6 is 15.9 Å². The summed E-state index contributed by atoms with van der Waals surface area (Å²) in [7, 11) is 0. The van der Waals surface area contributed by atoms with Crippen molar-refractivity contribution < 1.29 is 0 Å². The minimum Gasteiger partial charge on any atom is -0.384 e. The zero-order chi connectivity index (χ0) is 11.1. The standard InChI is InChI=1S/C12H12BrN3/c13-11-5-8(10-6-15-16-12(10)14)3-4-9(11)7-1-2-7/h3-7H,1-2H2,(H3,14,15,16). The van der Waals surface area contributed by atoms with E-state index in [1.807, 2.05) is 0 Å². The highest BCUT2D eigenvalue weighted by Gasteiger charge is 2.25. The summed E-state index contributed by atoms with van der Waals surface area (Å²) in [5.41, 5.74) is 9.27. The number of anilines is 1. The maximum Gasteiger partial charge on any atom is 0.126 e. The molecule has 0 unspecified atom stereocenters. The van der Waals surface area contributed by atoms with Gasteiger partial charge in [0.15, 0.2) is 0 Å². The van der Waals surface area contributed by atoms with Crippen molar-refractivity contribution >= 4 is 21.7 Å². The second kappa shape index (κ2) is 3.63. The molecule has 16 heavy (non-hydrogen) atoms. The molecule has 1 saturated carbocycles. The summed E-state index contributed by atoms with van der Waals surface area (Å²) in [5, 5.41) is 6.68. The molecule has 1 aromatic heterocycles. The van der Waals surface area contributed by atoms with Crippen LogP contribution in [0.15, 0.2) is 28.9 Å². The van der Waals surface area contributed by atoms with Gasteiger partial charge in [0.1, 0.15) is 5.82 Å². The minimum absolute atomic E-state index is 0.617. The molecule has 0 aliphatic heterocycles. The van der Waals surface area contributed by atoms with E-state index in [9.17, 15) is 0 Å². The van der Waals surface area contributed by atoms with E-state index in [0.29, 0.717) is 5.82 Å². The lowest BCUT2D eigenvalue weighted by atomic mass is 10.0. The number of H-pyrrole nitrogens is 1. The van der Waals surface area contributed by atoms with Crippen LogP contribution in [0, 0.1) is 0 Å². The highest BCUT2D eigenvalue weighted by atomic mass is 79.9. The predicted molar refractivity (Wildman–Crippen MR) is 68.1 cm³/mol. The summed E-state index contributed by atoms with van der Waals surface area (Å²) in [6.07, 6.45) is 4.38. The molecule has 1 heterocycles. The Balaban J connectivity index is 2.03. The number of hydrogen-bond acceptors (Lipinski definition) is 2. The molecule has 0 spiro atoms. The van der Waals surface area contributed by atoms with Gasteiger partial charge in [-0.15, -0.1) is 0 Å². The van der Waals surface area contributed by atoms with Crippen molar-refractivity contribution in [2.45, 2.75) is 18.8 Å². The molecule has 1 aliphatic rings. The molecule has 3 nitrogen and oxygen atoms in total. The lowest BCUT2D eigenvalue weighted by Gasteiger charge is -2.05. The summed E-state index contributed by atoms with van der Waals surface area (Å²) >= 11 is 3.63. The molecule has 1 fully saturated rings. The number of hydrogen-bond donors (Lipinski definition) is 2. The number of nitrogens with one attached hydrogen (secondary N) is 1. The van der Waals surface area contributed by atoms with Crippen molar-refractivity contribution in [3.05, 3.63) is 34.4 Å². The SMILES string of the molecule is Nc1[nH]ncc1-c1ccc(C2CC2)c(Br)c1. The van der Waals surface area contributed by atoms with E-state index in [1.54, 1.807) is 6.20 Å². The van der Waals surface area contributed by atoms with Gasteiger partial charge in [0.05, 0.1) is 6.20 Å². The molecule has 0 bridgehead atoms. The first-order chi connectivity index (χ1) is 7.75. The molecule has 4 heteroatoms. The Morgan fingerprint density at radius 3 is 2.75 bits per heavy atom. The normalized spacial score (nSPS) is 15.3. The lowest BCUT2D eigenvalue weighted by molar-refractivity contribution is 1.10. The van der Waals surface area contributed by atoms with Gasteiger partial charge in [0.25, 0.3) is 0 Å². The van der Waals surface area contributed by atoms with Crippen molar-refractivity contribution in [2.75, 3.05) is 5.73 Å². The van der Waals surface area contributed by atoms with Crippen LogP contribution in [0.25, 0.3) is 11.1 Å². The fourth-order valence-electron chi connectivity index (χ4n) is 1.95. The van der Waals surface area contributed by atoms with Crippen LogP contribution in [0.4, 0.5) is 5.82 Å². The first-order valence-electron chi connectivity index (χ1n) is 5.34. The summed E-state index contributed by atoms with van der Waals surface area (Å²) in [6, 6.07) is 6.41. The van der Waals surface area contributed by atoms with Gasteiger partial charge in [-0.25, -0.2) is 0 Å². The van der Waals surface area contributed by atoms with Crippen LogP contribution in [-0.2, 0) is 0 Å². The molecule has 1 aromatic carbocycles. The Morgan fingerprint density at radius 1 is 1.38 bits per heavy atom. The van der Waals surface area contributed by atoms with Crippen LogP contribution in [0.2, 0.25) is 0 Å². The fraction of sp³-hybridized carbons (Fsp3) is 0.250. The number of rotatable bonds is 2. The highest BCUT2D eigenvalue weighted by molar-refractivity contribution is 9.10. The summed E-state index contributed by atoms with van der Waals surface area (Å²) < 4.78 is 1.17. The zero-order valence-electron chi connectivity index (χ0n) is 8.70. The minimum atomic E-state index is 0.617. The van der Waals surface area contributed by atoms with Crippen molar-refractivity contribution in [1.29, 1.82) is 0 Å². The number of nitrogens with zero attached hydrogens (tertiary/aromatic N) is 1. The molecule has 1 aliphatic carbocycles. The number of nitrogen functional groups attached to an aromatic ring is 1. The molecule has 0 radical (unpaired) electrons. The van der Waals surface area contributed by atoms with Crippen LogP contribution in [0.1, 0.15) is 24.3 Å². The molecule has 0 atom stereocenters. The van der Waals surface area contributed by atoms with E-state index in [-0.39, 0.29) is 0 Å². The Bertz CT molecular complexity index is 529. The molecule has 3 N–H and O–H groups in total. The monoisotopic (exact) mass is 277 g/mol. The van der Waals surface area contributed by atoms with Crippen molar-refractivity contribution in [3.63, 3.8) is 0 Å². The number of aromatic nitrogens is 2. The Hall–Kier alpha value is -1.29. The van der Waals surface area contributed by atoms with Gasteiger partial charge in [-0.1, -0.05) is 28.1 Å². The topological polar surface area (TPSA) is 54.7 Å². The molecule has 0 saturated heterocycles. The second-order valence-corrected chi connectivity index (χ2v) is 5.06. The third kappa shape index (κ3) is 1.63. The van der Waals surface area contributed by atoms with Crippen LogP contribution in [0.3, 0.4) is 0 Å². The van der Waals surface area contributed by atoms with E-state index in [1.165, 1.54) is 22.9 Å². The Labute approximate surface area is 102 Å². The third-order valence-corrected chi connectivity index (χ3v) is 3.68. The van der Waals surface area contributed by atoms with Gasteiger partial charge in [-0.3, -0.25) is 5.10 Å². The average molecular weight is 278 g/mol. The van der Waals surface area contributed by atoms with Crippen molar-refractivity contribution in [2.24, 2.45) is 0 Å².